The molecule has 1 N–H and O–H groups in total. The van der Waals surface area contributed by atoms with E-state index in [-0.39, 0.29) is 12.0 Å². The highest BCUT2D eigenvalue weighted by atomic mass is 79.9. The standard InChI is InChI=1S/C9H13BrN2O/c1-6(2)8(13)3-9-11-4-7(10)5-12-9/h4-6,8,13H,3H2,1-2H3. The molecule has 1 aromatic rings. The minimum absolute atomic E-state index is 0.243. The molecule has 0 saturated heterocycles. The molecule has 0 amide bonds. The monoisotopic (exact) mass is 244 g/mol. The topological polar surface area (TPSA) is 46.0 Å². The van der Waals surface area contributed by atoms with E-state index in [1.54, 1.807) is 12.4 Å². The molecule has 0 saturated carbocycles. The average molecular weight is 245 g/mol. The van der Waals surface area contributed by atoms with E-state index in [0.29, 0.717) is 12.2 Å². The highest BCUT2D eigenvalue weighted by molar-refractivity contribution is 9.10. The summed E-state index contributed by atoms with van der Waals surface area (Å²) < 4.78 is 0.857. The fraction of sp³-hybridized carbons (Fsp3) is 0.556. The van der Waals surface area contributed by atoms with Crippen LogP contribution in [-0.4, -0.2) is 21.2 Å². The molecule has 0 bridgehead atoms. The van der Waals surface area contributed by atoms with Crippen molar-refractivity contribution in [3.63, 3.8) is 0 Å². The van der Waals surface area contributed by atoms with Crippen LogP contribution in [0.3, 0.4) is 0 Å². The summed E-state index contributed by atoms with van der Waals surface area (Å²) in [6.45, 7) is 3.95. The molecule has 13 heavy (non-hydrogen) atoms. The third kappa shape index (κ3) is 3.40. The predicted octanol–water partition coefficient (Wildman–Crippen LogP) is 1.80. The van der Waals surface area contributed by atoms with Crippen molar-refractivity contribution in [1.82, 2.24) is 9.97 Å². The van der Waals surface area contributed by atoms with Crippen molar-refractivity contribution in [1.29, 1.82) is 0 Å². The van der Waals surface area contributed by atoms with Crippen LogP contribution < -0.4 is 0 Å². The zero-order valence-electron chi connectivity index (χ0n) is 7.74. The van der Waals surface area contributed by atoms with Gasteiger partial charge < -0.3 is 5.11 Å². The first-order chi connectivity index (χ1) is 6.09. The molecular formula is C9H13BrN2O. The summed E-state index contributed by atoms with van der Waals surface area (Å²) in [5.41, 5.74) is 0. The lowest BCUT2D eigenvalue weighted by Gasteiger charge is -2.12. The first-order valence-electron chi connectivity index (χ1n) is 4.24. The third-order valence-electron chi connectivity index (χ3n) is 1.84. The van der Waals surface area contributed by atoms with Crippen molar-refractivity contribution in [3.8, 4) is 0 Å². The number of rotatable bonds is 3. The molecule has 1 atom stereocenters. The number of aliphatic hydroxyl groups is 1. The van der Waals surface area contributed by atoms with Crippen molar-refractivity contribution in [2.24, 2.45) is 5.92 Å². The van der Waals surface area contributed by atoms with Gasteiger partial charge in [0.25, 0.3) is 0 Å². The van der Waals surface area contributed by atoms with E-state index in [4.69, 9.17) is 0 Å². The second kappa shape index (κ2) is 4.67. The largest absolute Gasteiger partial charge is 0.392 e. The molecule has 4 heteroatoms. The van der Waals surface area contributed by atoms with Gasteiger partial charge in [-0.25, -0.2) is 9.97 Å². The summed E-state index contributed by atoms with van der Waals surface area (Å²) in [4.78, 5) is 8.17. The molecular weight excluding hydrogens is 232 g/mol. The highest BCUT2D eigenvalue weighted by Gasteiger charge is 2.11. The Hall–Kier alpha value is -0.480. The maximum absolute atomic E-state index is 9.56. The van der Waals surface area contributed by atoms with E-state index in [2.05, 4.69) is 25.9 Å². The quantitative estimate of drug-likeness (QED) is 0.883. The number of aromatic nitrogens is 2. The van der Waals surface area contributed by atoms with Gasteiger partial charge in [0.1, 0.15) is 5.82 Å². The summed E-state index contributed by atoms with van der Waals surface area (Å²) in [5, 5.41) is 9.56. The fourth-order valence-electron chi connectivity index (χ4n) is 0.867. The van der Waals surface area contributed by atoms with Crippen LogP contribution in [0.15, 0.2) is 16.9 Å². The fourth-order valence-corrected chi connectivity index (χ4v) is 1.07. The Morgan fingerprint density at radius 3 is 2.38 bits per heavy atom. The Kier molecular flexibility index (Phi) is 3.81. The molecule has 1 aromatic heterocycles. The van der Waals surface area contributed by atoms with Crippen LogP contribution in [0.25, 0.3) is 0 Å². The first kappa shape index (κ1) is 10.6. The lowest BCUT2D eigenvalue weighted by Crippen LogP contribution is -2.18. The Morgan fingerprint density at radius 1 is 1.38 bits per heavy atom. The van der Waals surface area contributed by atoms with Crippen LogP contribution in [0, 0.1) is 5.92 Å². The van der Waals surface area contributed by atoms with E-state index in [0.717, 1.165) is 4.47 Å². The van der Waals surface area contributed by atoms with Crippen molar-refractivity contribution in [3.05, 3.63) is 22.7 Å². The number of halogens is 1. The Morgan fingerprint density at radius 2 is 1.92 bits per heavy atom. The second-order valence-corrected chi connectivity index (χ2v) is 4.25. The van der Waals surface area contributed by atoms with Crippen molar-refractivity contribution >= 4 is 15.9 Å². The van der Waals surface area contributed by atoms with E-state index >= 15 is 0 Å². The summed E-state index contributed by atoms with van der Waals surface area (Å²) in [6, 6.07) is 0. The molecule has 1 heterocycles. The molecule has 0 fully saturated rings. The first-order valence-corrected chi connectivity index (χ1v) is 5.03. The summed E-state index contributed by atoms with van der Waals surface area (Å²) in [6.07, 6.45) is 3.54. The van der Waals surface area contributed by atoms with Crippen LogP contribution in [0.2, 0.25) is 0 Å². The van der Waals surface area contributed by atoms with Gasteiger partial charge in [0.15, 0.2) is 0 Å². The second-order valence-electron chi connectivity index (χ2n) is 3.33. The smallest absolute Gasteiger partial charge is 0.130 e. The molecule has 0 aliphatic carbocycles. The molecule has 0 aromatic carbocycles. The van der Waals surface area contributed by atoms with Gasteiger partial charge in [-0.15, -0.1) is 0 Å². The Balaban J connectivity index is 2.59. The van der Waals surface area contributed by atoms with Gasteiger partial charge in [-0.1, -0.05) is 13.8 Å². The molecule has 0 aliphatic rings. The van der Waals surface area contributed by atoms with Gasteiger partial charge in [0.05, 0.1) is 10.6 Å². The van der Waals surface area contributed by atoms with Crippen LogP contribution in [0.5, 0.6) is 0 Å². The van der Waals surface area contributed by atoms with Gasteiger partial charge in [0.2, 0.25) is 0 Å². The number of aliphatic hydroxyl groups excluding tert-OH is 1. The van der Waals surface area contributed by atoms with Crippen LogP contribution in [0.4, 0.5) is 0 Å². The van der Waals surface area contributed by atoms with Crippen molar-refractivity contribution in [2.75, 3.05) is 0 Å². The minimum Gasteiger partial charge on any atom is -0.392 e. The normalized spacial score (nSPS) is 13.3. The zero-order valence-corrected chi connectivity index (χ0v) is 9.32. The molecule has 0 aliphatic heterocycles. The predicted molar refractivity (Wildman–Crippen MR) is 54.3 cm³/mol. The van der Waals surface area contributed by atoms with Crippen LogP contribution in [0.1, 0.15) is 19.7 Å². The van der Waals surface area contributed by atoms with Crippen LogP contribution in [-0.2, 0) is 6.42 Å². The van der Waals surface area contributed by atoms with Crippen LogP contribution >= 0.6 is 15.9 Å². The van der Waals surface area contributed by atoms with E-state index in [1.165, 1.54) is 0 Å². The molecule has 0 spiro atoms. The van der Waals surface area contributed by atoms with Gasteiger partial charge in [-0.3, -0.25) is 0 Å². The van der Waals surface area contributed by atoms with E-state index in [1.807, 2.05) is 13.8 Å². The Labute approximate surface area is 86.4 Å². The lowest BCUT2D eigenvalue weighted by atomic mass is 10.0. The van der Waals surface area contributed by atoms with Crippen molar-refractivity contribution in [2.45, 2.75) is 26.4 Å². The summed E-state index contributed by atoms with van der Waals surface area (Å²) in [5.74, 6) is 0.927. The SMILES string of the molecule is CC(C)C(O)Cc1ncc(Br)cn1. The Bertz CT molecular complexity index is 261. The number of hydrogen-bond acceptors (Lipinski definition) is 3. The van der Waals surface area contributed by atoms with E-state index < -0.39 is 0 Å². The van der Waals surface area contributed by atoms with Gasteiger partial charge in [-0.05, 0) is 21.8 Å². The molecule has 1 rings (SSSR count). The maximum atomic E-state index is 9.56. The van der Waals surface area contributed by atoms with Gasteiger partial charge in [-0.2, -0.15) is 0 Å². The lowest BCUT2D eigenvalue weighted by molar-refractivity contribution is 0.123. The summed E-state index contributed by atoms with van der Waals surface area (Å²) in [7, 11) is 0. The zero-order chi connectivity index (χ0) is 9.84. The molecule has 1 unspecified atom stereocenters. The number of hydrogen-bond donors (Lipinski definition) is 1. The maximum Gasteiger partial charge on any atom is 0.130 e. The average Bonchev–Trinajstić information content (AvgIpc) is 2.08. The molecule has 3 nitrogen and oxygen atoms in total. The highest BCUT2D eigenvalue weighted by Crippen LogP contribution is 2.08. The summed E-state index contributed by atoms with van der Waals surface area (Å²) >= 11 is 3.25. The third-order valence-corrected chi connectivity index (χ3v) is 2.24. The van der Waals surface area contributed by atoms with Gasteiger partial charge >= 0.3 is 0 Å². The van der Waals surface area contributed by atoms with Crippen molar-refractivity contribution < 1.29 is 5.11 Å². The minimum atomic E-state index is -0.360. The van der Waals surface area contributed by atoms with Gasteiger partial charge in [0, 0.05) is 18.8 Å². The van der Waals surface area contributed by atoms with E-state index in [9.17, 15) is 5.11 Å². The number of nitrogens with zero attached hydrogens (tertiary/aromatic N) is 2. The molecule has 72 valence electrons. The molecule has 0 radical (unpaired) electrons.